The molecule has 4 aliphatic carbocycles. The van der Waals surface area contributed by atoms with Crippen LogP contribution in [0.15, 0.2) is 36.5 Å². The molecular formula is C24H31NO. The highest BCUT2D eigenvalue weighted by molar-refractivity contribution is 5.91. The highest BCUT2D eigenvalue weighted by Gasteiger charge is 2.65. The van der Waals surface area contributed by atoms with E-state index in [1.165, 1.54) is 18.4 Å². The summed E-state index contributed by atoms with van der Waals surface area (Å²) in [7, 11) is 0. The second kappa shape index (κ2) is 5.69. The van der Waals surface area contributed by atoms with E-state index >= 15 is 0 Å². The third kappa shape index (κ3) is 2.01. The molecule has 0 aromatic carbocycles. The van der Waals surface area contributed by atoms with E-state index in [1.807, 2.05) is 12.2 Å². The monoisotopic (exact) mass is 349 g/mol. The van der Waals surface area contributed by atoms with Crippen molar-refractivity contribution in [1.82, 2.24) is 0 Å². The zero-order chi connectivity index (χ0) is 18.7. The molecule has 0 heterocycles. The first-order valence-electron chi connectivity index (χ1n) is 10.3. The predicted molar refractivity (Wildman–Crippen MR) is 104 cm³/mol. The molecule has 2 heteroatoms. The van der Waals surface area contributed by atoms with Crippen LogP contribution in [-0.2, 0) is 4.79 Å². The molecule has 26 heavy (non-hydrogen) atoms. The Balaban J connectivity index is 1.74. The largest absolute Gasteiger partial charge is 0.295 e. The van der Waals surface area contributed by atoms with E-state index in [4.69, 9.17) is 0 Å². The smallest absolute Gasteiger partial charge is 0.155 e. The average Bonchev–Trinajstić information content (AvgIpc) is 2.84. The second-order valence-electron chi connectivity index (χ2n) is 9.74. The van der Waals surface area contributed by atoms with Gasteiger partial charge in [0.2, 0.25) is 0 Å². The zero-order valence-corrected chi connectivity index (χ0v) is 16.3. The fraction of sp³-hybridized carbons (Fsp3) is 0.667. The number of ketones is 1. The number of hydrogen-bond acceptors (Lipinski definition) is 2. The molecular weight excluding hydrogens is 318 g/mol. The SMILES string of the molecule is C=CC[C@]1(C#N)C(=C)C[C@H]2[C@@H]3CCC4=CC(=O)CC[C@]4(C)[C@H]3CC[C@@]21C. The number of allylic oxidation sites excluding steroid dienone is 3. The summed E-state index contributed by atoms with van der Waals surface area (Å²) in [5.41, 5.74) is 2.31. The van der Waals surface area contributed by atoms with E-state index in [-0.39, 0.29) is 10.8 Å². The number of fused-ring (bicyclic) bond motifs is 5. The average molecular weight is 350 g/mol. The third-order valence-corrected chi connectivity index (χ3v) is 9.04. The molecule has 0 unspecified atom stereocenters. The molecule has 0 aromatic heterocycles. The van der Waals surface area contributed by atoms with E-state index in [9.17, 15) is 10.1 Å². The Kier molecular flexibility index (Phi) is 3.89. The van der Waals surface area contributed by atoms with Crippen LogP contribution in [0, 0.1) is 45.3 Å². The maximum Gasteiger partial charge on any atom is 0.155 e. The molecule has 0 aliphatic heterocycles. The lowest BCUT2D eigenvalue weighted by atomic mass is 9.45. The van der Waals surface area contributed by atoms with Crippen molar-refractivity contribution >= 4 is 5.78 Å². The summed E-state index contributed by atoms with van der Waals surface area (Å²) in [5, 5.41) is 10.2. The molecule has 0 spiro atoms. The van der Waals surface area contributed by atoms with Gasteiger partial charge in [-0.3, -0.25) is 4.79 Å². The van der Waals surface area contributed by atoms with Crippen molar-refractivity contribution in [3.05, 3.63) is 36.5 Å². The molecule has 3 saturated carbocycles. The highest BCUT2D eigenvalue weighted by atomic mass is 16.1. The molecule has 0 amide bonds. The van der Waals surface area contributed by atoms with Gasteiger partial charge in [-0.05, 0) is 79.6 Å². The van der Waals surface area contributed by atoms with E-state index in [2.05, 4.69) is 33.1 Å². The van der Waals surface area contributed by atoms with Crippen molar-refractivity contribution in [3.63, 3.8) is 0 Å². The van der Waals surface area contributed by atoms with Crippen molar-refractivity contribution < 1.29 is 4.79 Å². The van der Waals surface area contributed by atoms with Gasteiger partial charge in [-0.15, -0.1) is 6.58 Å². The fourth-order valence-corrected chi connectivity index (χ4v) is 7.48. The molecule has 138 valence electrons. The van der Waals surface area contributed by atoms with Crippen molar-refractivity contribution in [2.75, 3.05) is 0 Å². The van der Waals surface area contributed by atoms with Gasteiger partial charge in [0.25, 0.3) is 0 Å². The Bertz CT molecular complexity index is 755. The van der Waals surface area contributed by atoms with Gasteiger partial charge in [-0.25, -0.2) is 0 Å². The van der Waals surface area contributed by atoms with Crippen LogP contribution in [0.3, 0.4) is 0 Å². The summed E-state index contributed by atoms with van der Waals surface area (Å²) in [4.78, 5) is 12.0. The molecule has 4 aliphatic rings. The fourth-order valence-electron chi connectivity index (χ4n) is 7.48. The van der Waals surface area contributed by atoms with Crippen LogP contribution in [0.25, 0.3) is 0 Å². The van der Waals surface area contributed by atoms with E-state index in [1.54, 1.807) is 0 Å². The minimum atomic E-state index is -0.441. The van der Waals surface area contributed by atoms with Gasteiger partial charge in [0.05, 0.1) is 11.5 Å². The van der Waals surface area contributed by atoms with E-state index in [0.717, 1.165) is 37.7 Å². The molecule has 0 saturated heterocycles. The van der Waals surface area contributed by atoms with E-state index in [0.29, 0.717) is 30.0 Å². The van der Waals surface area contributed by atoms with Gasteiger partial charge in [0.1, 0.15) is 0 Å². The lowest BCUT2D eigenvalue weighted by Gasteiger charge is -2.59. The number of carbonyl (C=O) groups excluding carboxylic acids is 1. The molecule has 3 fully saturated rings. The number of nitriles is 1. The normalized spacial score (nSPS) is 47.3. The summed E-state index contributed by atoms with van der Waals surface area (Å²) < 4.78 is 0. The summed E-state index contributed by atoms with van der Waals surface area (Å²) in [6.07, 6.45) is 11.8. The maximum atomic E-state index is 12.0. The summed E-state index contributed by atoms with van der Waals surface area (Å²) >= 11 is 0. The van der Waals surface area contributed by atoms with E-state index < -0.39 is 5.41 Å². The minimum absolute atomic E-state index is 0.0102. The topological polar surface area (TPSA) is 40.9 Å². The standard InChI is InChI=1S/C24H31NO/c1-5-10-24(15-25)16(2)13-21-19-7-6-17-14-18(26)8-11-22(17,3)20(19)9-12-23(21,24)4/h5,14,19-21H,1-2,6-13H2,3-4H3/t19-,20+,21+,22+,23+,24+/m1/s1. The summed E-state index contributed by atoms with van der Waals surface area (Å²) in [6, 6.07) is 2.71. The van der Waals surface area contributed by atoms with Crippen LogP contribution >= 0.6 is 0 Å². The Morgan fingerprint density at radius 1 is 1.27 bits per heavy atom. The summed E-state index contributed by atoms with van der Waals surface area (Å²) in [6.45, 7) is 13.1. The Morgan fingerprint density at radius 2 is 2.04 bits per heavy atom. The van der Waals surface area contributed by atoms with Crippen LogP contribution in [-0.4, -0.2) is 5.78 Å². The van der Waals surface area contributed by atoms with Gasteiger partial charge in [-0.2, -0.15) is 5.26 Å². The molecule has 4 rings (SSSR count). The molecule has 0 bridgehead atoms. The predicted octanol–water partition coefficient (Wildman–Crippen LogP) is 5.77. The van der Waals surface area contributed by atoms with Gasteiger partial charge < -0.3 is 0 Å². The third-order valence-electron chi connectivity index (χ3n) is 9.04. The lowest BCUT2D eigenvalue weighted by molar-refractivity contribution is -0.117. The number of carbonyl (C=O) groups is 1. The Labute approximate surface area is 158 Å². The van der Waals surface area contributed by atoms with Crippen LogP contribution in [0.2, 0.25) is 0 Å². The first kappa shape index (κ1) is 17.8. The number of rotatable bonds is 2. The Hall–Kier alpha value is -1.62. The van der Waals surface area contributed by atoms with Crippen LogP contribution in [0.1, 0.15) is 65.2 Å². The highest BCUT2D eigenvalue weighted by Crippen LogP contribution is 2.71. The number of hydrogen-bond donors (Lipinski definition) is 0. The minimum Gasteiger partial charge on any atom is -0.295 e. The lowest BCUT2D eigenvalue weighted by Crippen LogP contribution is -2.52. The van der Waals surface area contributed by atoms with Crippen LogP contribution in [0.4, 0.5) is 0 Å². The van der Waals surface area contributed by atoms with Crippen molar-refractivity contribution in [1.29, 1.82) is 5.26 Å². The molecule has 6 atom stereocenters. The zero-order valence-electron chi connectivity index (χ0n) is 16.3. The van der Waals surface area contributed by atoms with Crippen LogP contribution in [0.5, 0.6) is 0 Å². The van der Waals surface area contributed by atoms with Crippen molar-refractivity contribution in [3.8, 4) is 6.07 Å². The number of nitrogens with zero attached hydrogens (tertiary/aromatic N) is 1. The van der Waals surface area contributed by atoms with Gasteiger partial charge >= 0.3 is 0 Å². The van der Waals surface area contributed by atoms with Crippen molar-refractivity contribution in [2.45, 2.75) is 65.2 Å². The maximum absolute atomic E-state index is 12.0. The van der Waals surface area contributed by atoms with Crippen molar-refractivity contribution in [2.24, 2.45) is 34.0 Å². The molecule has 0 radical (unpaired) electrons. The first-order valence-corrected chi connectivity index (χ1v) is 10.3. The Morgan fingerprint density at radius 3 is 2.73 bits per heavy atom. The molecule has 2 nitrogen and oxygen atoms in total. The van der Waals surface area contributed by atoms with Gasteiger partial charge in [0.15, 0.2) is 5.78 Å². The molecule has 0 N–H and O–H groups in total. The van der Waals surface area contributed by atoms with Crippen LogP contribution < -0.4 is 0 Å². The summed E-state index contributed by atoms with van der Waals surface area (Å²) in [5.74, 6) is 2.17. The van der Waals surface area contributed by atoms with Gasteiger partial charge in [-0.1, -0.05) is 37.6 Å². The first-order chi connectivity index (χ1) is 12.3. The molecule has 0 aromatic rings. The quantitative estimate of drug-likeness (QED) is 0.594. The van der Waals surface area contributed by atoms with Gasteiger partial charge in [0, 0.05) is 6.42 Å². The second-order valence-corrected chi connectivity index (χ2v) is 9.74.